The van der Waals surface area contributed by atoms with Crippen LogP contribution in [0.25, 0.3) is 0 Å². The Morgan fingerprint density at radius 1 is 1.28 bits per heavy atom. The van der Waals surface area contributed by atoms with Crippen LogP contribution in [0.4, 0.5) is 18.9 Å². The van der Waals surface area contributed by atoms with Crippen molar-refractivity contribution in [2.45, 2.75) is 37.6 Å². The Labute approximate surface area is 162 Å². The number of hydrogen-bond donors (Lipinski definition) is 1. The highest BCUT2D eigenvalue weighted by Crippen LogP contribution is 2.63. The van der Waals surface area contributed by atoms with Gasteiger partial charge in [-0.25, -0.2) is 4.90 Å². The van der Waals surface area contributed by atoms with Gasteiger partial charge in [0.05, 0.1) is 51.8 Å². The molecule has 2 amide bonds. The lowest BCUT2D eigenvalue weighted by molar-refractivity contribution is -0.150. The van der Waals surface area contributed by atoms with Crippen LogP contribution in [-0.2, 0) is 25.3 Å². The number of hydrogen-bond acceptors (Lipinski definition) is 5. The zero-order valence-electron chi connectivity index (χ0n) is 15.3. The van der Waals surface area contributed by atoms with Gasteiger partial charge in [-0.15, -0.1) is 0 Å². The molecular formula is C19H15F3N2O5. The van der Waals surface area contributed by atoms with E-state index in [4.69, 9.17) is 10.00 Å². The number of imide groups is 1. The van der Waals surface area contributed by atoms with E-state index in [2.05, 4.69) is 0 Å². The van der Waals surface area contributed by atoms with Crippen LogP contribution >= 0.6 is 0 Å². The highest BCUT2D eigenvalue weighted by molar-refractivity contribution is 6.23. The number of carboxylic acid groups (broad SMARTS) is 1. The molecule has 0 radical (unpaired) electrons. The molecule has 1 aromatic rings. The van der Waals surface area contributed by atoms with E-state index in [1.165, 1.54) is 13.0 Å². The third kappa shape index (κ3) is 2.37. The quantitative estimate of drug-likeness (QED) is 0.753. The second-order valence-corrected chi connectivity index (χ2v) is 8.00. The van der Waals surface area contributed by atoms with Crippen LogP contribution in [0.5, 0.6) is 0 Å². The fraction of sp³-hybridized carbons (Fsp3) is 0.474. The van der Waals surface area contributed by atoms with Crippen molar-refractivity contribution >= 4 is 23.5 Å². The standard InChI is InChI=1S/C19H15F3N2O5/c1-17-6-11(16(27)28)18(2,29-17)13-12(17)14(25)24(15(13)26)9-4-3-8(7-23)10(5-9)19(20,21)22/h3-5,11-13H,6H2,1-2H3,(H,27,28)/t11-,12+,13-,17-,18-/m0/s1. The fourth-order valence-electron chi connectivity index (χ4n) is 5.15. The van der Waals surface area contributed by atoms with Crippen LogP contribution in [0.3, 0.4) is 0 Å². The number of amides is 2. The smallest absolute Gasteiger partial charge is 0.417 e. The SMILES string of the molecule is C[C@]12O[C@@](C)(C[C@H]1C(=O)O)[C@H]1C(=O)N(c3ccc(C#N)c(C(F)(F)F)c3)C(=O)[C@H]12. The van der Waals surface area contributed by atoms with Gasteiger partial charge in [0.25, 0.3) is 0 Å². The molecule has 3 fully saturated rings. The van der Waals surface area contributed by atoms with Gasteiger partial charge in [0, 0.05) is 0 Å². The number of benzene rings is 1. The predicted molar refractivity (Wildman–Crippen MR) is 89.3 cm³/mol. The first-order chi connectivity index (χ1) is 13.3. The Morgan fingerprint density at radius 3 is 2.45 bits per heavy atom. The maximum Gasteiger partial charge on any atom is 0.417 e. The first kappa shape index (κ1) is 19.4. The van der Waals surface area contributed by atoms with Crippen molar-refractivity contribution in [3.8, 4) is 6.07 Å². The molecule has 152 valence electrons. The highest BCUT2D eigenvalue weighted by Gasteiger charge is 2.77. The van der Waals surface area contributed by atoms with Gasteiger partial charge in [0.2, 0.25) is 11.8 Å². The number of anilines is 1. The Kier molecular flexibility index (Phi) is 3.72. The van der Waals surface area contributed by atoms with Gasteiger partial charge < -0.3 is 9.84 Å². The molecule has 3 aliphatic rings. The number of fused-ring (bicyclic) bond motifs is 5. The molecule has 7 nitrogen and oxygen atoms in total. The molecule has 0 aromatic heterocycles. The molecule has 1 N–H and O–H groups in total. The summed E-state index contributed by atoms with van der Waals surface area (Å²) >= 11 is 0. The molecular weight excluding hydrogens is 393 g/mol. The third-order valence-electron chi connectivity index (χ3n) is 6.32. The first-order valence-electron chi connectivity index (χ1n) is 8.77. The minimum absolute atomic E-state index is 0.0219. The minimum atomic E-state index is -4.85. The van der Waals surface area contributed by atoms with Crippen LogP contribution in [0.15, 0.2) is 18.2 Å². The molecule has 0 unspecified atom stereocenters. The normalized spacial score (nSPS) is 35.7. The van der Waals surface area contributed by atoms with Gasteiger partial charge >= 0.3 is 12.1 Å². The van der Waals surface area contributed by atoms with E-state index in [9.17, 15) is 32.7 Å². The molecule has 10 heteroatoms. The molecule has 0 spiro atoms. The largest absolute Gasteiger partial charge is 0.481 e. The predicted octanol–water partition coefficient (Wildman–Crippen LogP) is 2.33. The number of carboxylic acids is 1. The fourth-order valence-corrected chi connectivity index (χ4v) is 5.15. The van der Waals surface area contributed by atoms with Gasteiger partial charge in [0.1, 0.15) is 0 Å². The lowest BCUT2D eigenvalue weighted by Crippen LogP contribution is -2.48. The number of halogens is 3. The Balaban J connectivity index is 1.81. The monoisotopic (exact) mass is 408 g/mol. The molecule has 3 aliphatic heterocycles. The number of nitrogens with zero attached hydrogens (tertiary/aromatic N) is 2. The zero-order chi connectivity index (χ0) is 21.5. The van der Waals surface area contributed by atoms with Gasteiger partial charge in [-0.05, 0) is 38.5 Å². The maximum absolute atomic E-state index is 13.3. The number of aliphatic carboxylic acids is 1. The van der Waals surface area contributed by atoms with Crippen molar-refractivity contribution in [2.75, 3.05) is 4.90 Å². The Hall–Kier alpha value is -2.93. The van der Waals surface area contributed by atoms with Crippen LogP contribution < -0.4 is 4.90 Å². The van der Waals surface area contributed by atoms with E-state index in [0.29, 0.717) is 11.0 Å². The van der Waals surface area contributed by atoms with Gasteiger partial charge in [-0.3, -0.25) is 14.4 Å². The van der Waals surface area contributed by atoms with Crippen molar-refractivity contribution in [3.63, 3.8) is 0 Å². The molecule has 4 rings (SSSR count). The van der Waals surface area contributed by atoms with Crippen molar-refractivity contribution in [2.24, 2.45) is 17.8 Å². The highest BCUT2D eigenvalue weighted by atomic mass is 19.4. The summed E-state index contributed by atoms with van der Waals surface area (Å²) in [5, 5.41) is 18.4. The number of rotatable bonds is 2. The second-order valence-electron chi connectivity index (χ2n) is 8.00. The van der Waals surface area contributed by atoms with Crippen LogP contribution in [0.1, 0.15) is 31.4 Å². The van der Waals surface area contributed by atoms with Crippen molar-refractivity contribution in [1.82, 2.24) is 0 Å². The van der Waals surface area contributed by atoms with Gasteiger partial charge in [-0.2, -0.15) is 18.4 Å². The number of ether oxygens (including phenoxy) is 1. The van der Waals surface area contributed by atoms with Crippen molar-refractivity contribution in [3.05, 3.63) is 29.3 Å². The summed E-state index contributed by atoms with van der Waals surface area (Å²) in [4.78, 5) is 38.5. The second kappa shape index (κ2) is 5.57. The number of nitriles is 1. The molecule has 0 aliphatic carbocycles. The van der Waals surface area contributed by atoms with Crippen molar-refractivity contribution < 1.29 is 37.4 Å². The Bertz CT molecular complexity index is 1020. The van der Waals surface area contributed by atoms with Crippen LogP contribution in [0.2, 0.25) is 0 Å². The summed E-state index contributed by atoms with van der Waals surface area (Å²) in [6.07, 6.45) is -4.83. The minimum Gasteiger partial charge on any atom is -0.481 e. The van der Waals surface area contributed by atoms with Crippen molar-refractivity contribution in [1.29, 1.82) is 5.26 Å². The van der Waals surface area contributed by atoms with E-state index in [1.807, 2.05) is 0 Å². The van der Waals surface area contributed by atoms with E-state index in [-0.39, 0.29) is 12.1 Å². The Morgan fingerprint density at radius 2 is 1.90 bits per heavy atom. The third-order valence-corrected chi connectivity index (χ3v) is 6.32. The first-order valence-corrected chi connectivity index (χ1v) is 8.77. The summed E-state index contributed by atoms with van der Waals surface area (Å²) in [6.45, 7) is 3.00. The van der Waals surface area contributed by atoms with E-state index in [1.54, 1.807) is 6.92 Å². The lowest BCUT2D eigenvalue weighted by atomic mass is 9.64. The maximum atomic E-state index is 13.3. The molecule has 29 heavy (non-hydrogen) atoms. The summed E-state index contributed by atoms with van der Waals surface area (Å²) in [6, 6.07) is 4.05. The molecule has 2 bridgehead atoms. The number of carbonyl (C=O) groups excluding carboxylic acids is 2. The van der Waals surface area contributed by atoms with Gasteiger partial charge in [-0.1, -0.05) is 0 Å². The molecule has 3 saturated heterocycles. The number of alkyl halides is 3. The average molecular weight is 408 g/mol. The topological polar surface area (TPSA) is 108 Å². The zero-order valence-corrected chi connectivity index (χ0v) is 15.3. The lowest BCUT2D eigenvalue weighted by Gasteiger charge is -2.32. The number of carbonyl (C=O) groups is 3. The summed E-state index contributed by atoms with van der Waals surface area (Å²) in [7, 11) is 0. The summed E-state index contributed by atoms with van der Waals surface area (Å²) in [5.41, 5.74) is -4.83. The van der Waals surface area contributed by atoms with E-state index < -0.39 is 64.0 Å². The molecule has 3 heterocycles. The van der Waals surface area contributed by atoms with Gasteiger partial charge in [0.15, 0.2) is 0 Å². The van der Waals surface area contributed by atoms with E-state index in [0.717, 1.165) is 12.1 Å². The molecule has 5 atom stereocenters. The molecule has 1 aromatic carbocycles. The molecule has 0 saturated carbocycles. The van der Waals surface area contributed by atoms with Crippen LogP contribution in [-0.4, -0.2) is 34.1 Å². The van der Waals surface area contributed by atoms with Crippen LogP contribution in [0, 0.1) is 29.1 Å². The average Bonchev–Trinajstić information content (AvgIpc) is 3.15. The summed E-state index contributed by atoms with van der Waals surface area (Å²) in [5.74, 6) is -5.80. The van der Waals surface area contributed by atoms with E-state index >= 15 is 0 Å². The summed E-state index contributed by atoms with van der Waals surface area (Å²) < 4.78 is 45.8.